The predicted molar refractivity (Wildman–Crippen MR) is 80.9 cm³/mol. The van der Waals surface area contributed by atoms with E-state index in [1.807, 2.05) is 0 Å². The number of carbonyl (C=O) groups excluding carboxylic acids is 1. The normalized spacial score (nSPS) is 12.7. The number of ether oxygens (including phenoxy) is 1. The molecule has 0 bridgehead atoms. The van der Waals surface area contributed by atoms with Crippen LogP contribution < -0.4 is 5.32 Å². The Morgan fingerprint density at radius 3 is 2.26 bits per heavy atom. The van der Waals surface area contributed by atoms with Crippen LogP contribution in [0.25, 0.3) is 0 Å². The van der Waals surface area contributed by atoms with Crippen LogP contribution >= 0.6 is 0 Å². The van der Waals surface area contributed by atoms with Gasteiger partial charge in [-0.05, 0) is 5.56 Å². The summed E-state index contributed by atoms with van der Waals surface area (Å²) >= 11 is 0. The average Bonchev–Trinajstić information content (AvgIpc) is 2.60. The Bertz CT molecular complexity index is 645. The fourth-order valence-electron chi connectivity index (χ4n) is 2.06. The van der Waals surface area contributed by atoms with Gasteiger partial charge in [-0.3, -0.25) is 10.1 Å². The zero-order valence-electron chi connectivity index (χ0n) is 12.5. The van der Waals surface area contributed by atoms with Gasteiger partial charge in [-0.1, -0.05) is 54.6 Å². The summed E-state index contributed by atoms with van der Waals surface area (Å²) in [4.78, 5) is 11.0. The molecule has 2 rings (SSSR count). The zero-order chi connectivity index (χ0) is 16.9. The van der Waals surface area contributed by atoms with Crippen molar-refractivity contribution < 1.29 is 23.4 Å². The number of alkyl halides is 2. The summed E-state index contributed by atoms with van der Waals surface area (Å²) in [6, 6.07) is 12.8. The molecule has 2 N–H and O–H groups in total. The van der Waals surface area contributed by atoms with Crippen LogP contribution in [-0.2, 0) is 15.5 Å². The van der Waals surface area contributed by atoms with E-state index >= 15 is 0 Å². The SMILES string of the molecule is COC(=O)CNC(O)c1ccc(C(F)(F)c2ccccc2)cc1. The summed E-state index contributed by atoms with van der Waals surface area (Å²) in [6.07, 6.45) is -1.14. The molecule has 0 aromatic heterocycles. The maximum Gasteiger partial charge on any atom is 0.319 e. The van der Waals surface area contributed by atoms with E-state index in [0.29, 0.717) is 5.56 Å². The Kier molecular flexibility index (Phi) is 5.41. The van der Waals surface area contributed by atoms with E-state index in [9.17, 15) is 18.7 Å². The molecule has 0 aliphatic carbocycles. The largest absolute Gasteiger partial charge is 0.468 e. The van der Waals surface area contributed by atoms with Crippen molar-refractivity contribution in [1.29, 1.82) is 0 Å². The van der Waals surface area contributed by atoms with Crippen molar-refractivity contribution >= 4 is 5.97 Å². The summed E-state index contributed by atoms with van der Waals surface area (Å²) in [5.74, 6) is -3.65. The van der Waals surface area contributed by atoms with Gasteiger partial charge >= 0.3 is 5.97 Å². The highest BCUT2D eigenvalue weighted by Crippen LogP contribution is 2.35. The second-order valence-electron chi connectivity index (χ2n) is 4.92. The lowest BCUT2D eigenvalue weighted by atomic mass is 9.99. The van der Waals surface area contributed by atoms with E-state index in [2.05, 4.69) is 10.1 Å². The Hall–Kier alpha value is -2.31. The summed E-state index contributed by atoms with van der Waals surface area (Å²) in [7, 11) is 1.23. The average molecular weight is 321 g/mol. The van der Waals surface area contributed by atoms with Crippen molar-refractivity contribution in [1.82, 2.24) is 5.32 Å². The number of aliphatic hydroxyl groups excluding tert-OH is 1. The fraction of sp³-hybridized carbons (Fsp3) is 0.235. The highest BCUT2D eigenvalue weighted by Gasteiger charge is 2.33. The first-order valence-corrected chi connectivity index (χ1v) is 6.97. The molecule has 122 valence electrons. The topological polar surface area (TPSA) is 58.6 Å². The number of benzene rings is 2. The molecule has 0 saturated heterocycles. The minimum absolute atomic E-state index is 0.0999. The van der Waals surface area contributed by atoms with Crippen LogP contribution in [0.3, 0.4) is 0 Å². The van der Waals surface area contributed by atoms with Gasteiger partial charge in [0, 0.05) is 11.1 Å². The molecule has 0 aliphatic rings. The van der Waals surface area contributed by atoms with Crippen molar-refractivity contribution in [2.24, 2.45) is 0 Å². The molecule has 0 spiro atoms. The van der Waals surface area contributed by atoms with E-state index in [1.165, 1.54) is 43.5 Å². The maximum absolute atomic E-state index is 14.4. The summed E-state index contributed by atoms with van der Waals surface area (Å²) < 4.78 is 33.2. The third-order valence-electron chi connectivity index (χ3n) is 3.39. The van der Waals surface area contributed by atoms with Gasteiger partial charge < -0.3 is 9.84 Å². The van der Waals surface area contributed by atoms with E-state index < -0.39 is 18.1 Å². The summed E-state index contributed by atoms with van der Waals surface area (Å²) in [6.45, 7) is -0.181. The highest BCUT2D eigenvalue weighted by atomic mass is 19.3. The molecule has 2 aromatic carbocycles. The number of aliphatic hydroxyl groups is 1. The predicted octanol–water partition coefficient (Wildman–Crippen LogP) is 2.58. The number of nitrogens with one attached hydrogen (secondary N) is 1. The van der Waals surface area contributed by atoms with E-state index in [0.717, 1.165) is 0 Å². The minimum Gasteiger partial charge on any atom is -0.468 e. The lowest BCUT2D eigenvalue weighted by molar-refractivity contribution is -0.140. The first-order valence-electron chi connectivity index (χ1n) is 6.97. The van der Waals surface area contributed by atoms with Gasteiger partial charge in [-0.2, -0.15) is 8.78 Å². The second-order valence-corrected chi connectivity index (χ2v) is 4.92. The van der Waals surface area contributed by atoms with Gasteiger partial charge in [0.25, 0.3) is 5.92 Å². The second kappa shape index (κ2) is 7.30. The molecule has 0 heterocycles. The molecule has 0 fully saturated rings. The van der Waals surface area contributed by atoms with Crippen LogP contribution in [0.5, 0.6) is 0 Å². The number of carbonyl (C=O) groups is 1. The van der Waals surface area contributed by atoms with Crippen molar-refractivity contribution in [2.45, 2.75) is 12.2 Å². The lowest BCUT2D eigenvalue weighted by Gasteiger charge is -2.18. The third-order valence-corrected chi connectivity index (χ3v) is 3.39. The molecule has 0 amide bonds. The number of halogens is 2. The van der Waals surface area contributed by atoms with Crippen LogP contribution in [0.15, 0.2) is 54.6 Å². The minimum atomic E-state index is -3.12. The van der Waals surface area contributed by atoms with E-state index in [4.69, 9.17) is 0 Å². The number of esters is 1. The lowest BCUT2D eigenvalue weighted by Crippen LogP contribution is -2.28. The third kappa shape index (κ3) is 4.12. The van der Waals surface area contributed by atoms with Gasteiger partial charge in [-0.25, -0.2) is 0 Å². The quantitative estimate of drug-likeness (QED) is 0.634. The van der Waals surface area contributed by atoms with Crippen molar-refractivity contribution in [2.75, 3.05) is 13.7 Å². The van der Waals surface area contributed by atoms with Crippen LogP contribution in [0.2, 0.25) is 0 Å². The first kappa shape index (κ1) is 17.1. The molecule has 1 atom stereocenters. The van der Waals surface area contributed by atoms with Gasteiger partial charge in [0.1, 0.15) is 6.23 Å². The smallest absolute Gasteiger partial charge is 0.319 e. The molecule has 6 heteroatoms. The molecule has 0 aliphatic heterocycles. The van der Waals surface area contributed by atoms with Crippen LogP contribution in [0.1, 0.15) is 22.9 Å². The number of hydrogen-bond acceptors (Lipinski definition) is 4. The Balaban J connectivity index is 2.11. The van der Waals surface area contributed by atoms with Gasteiger partial charge in [0.15, 0.2) is 0 Å². The molecule has 0 radical (unpaired) electrons. The van der Waals surface area contributed by atoms with Gasteiger partial charge in [0.2, 0.25) is 0 Å². The standard InChI is InChI=1S/C17H17F2NO3/c1-23-15(21)11-20-16(22)12-7-9-14(10-8-12)17(18,19)13-5-3-2-4-6-13/h2-10,16,20,22H,11H2,1H3. The van der Waals surface area contributed by atoms with Crippen LogP contribution in [-0.4, -0.2) is 24.7 Å². The molecule has 1 unspecified atom stereocenters. The number of methoxy groups -OCH3 is 1. The Labute approximate surface area is 132 Å². The van der Waals surface area contributed by atoms with E-state index in [1.54, 1.807) is 18.2 Å². The fourth-order valence-corrected chi connectivity index (χ4v) is 2.06. The van der Waals surface area contributed by atoms with Crippen LogP contribution in [0.4, 0.5) is 8.78 Å². The zero-order valence-corrected chi connectivity index (χ0v) is 12.5. The molecular formula is C17H17F2NO3. The number of hydrogen-bond donors (Lipinski definition) is 2. The van der Waals surface area contributed by atoms with Crippen molar-refractivity contribution in [3.8, 4) is 0 Å². The monoisotopic (exact) mass is 321 g/mol. The first-order chi connectivity index (χ1) is 10.9. The summed E-state index contributed by atoms with van der Waals surface area (Å²) in [5.41, 5.74) is 0.103. The Morgan fingerprint density at radius 2 is 1.70 bits per heavy atom. The van der Waals surface area contributed by atoms with Crippen LogP contribution in [0, 0.1) is 0 Å². The van der Waals surface area contributed by atoms with Gasteiger partial charge in [0.05, 0.1) is 13.7 Å². The molecular weight excluding hydrogens is 304 g/mol. The van der Waals surface area contributed by atoms with Crippen molar-refractivity contribution in [3.05, 3.63) is 71.3 Å². The highest BCUT2D eigenvalue weighted by molar-refractivity contribution is 5.71. The maximum atomic E-state index is 14.4. The number of rotatable bonds is 6. The van der Waals surface area contributed by atoms with Gasteiger partial charge in [-0.15, -0.1) is 0 Å². The molecule has 0 saturated carbocycles. The summed E-state index contributed by atoms with van der Waals surface area (Å²) in [5, 5.41) is 12.4. The molecule has 23 heavy (non-hydrogen) atoms. The molecule has 4 nitrogen and oxygen atoms in total. The molecule has 2 aromatic rings. The Morgan fingerprint density at radius 1 is 1.13 bits per heavy atom. The van der Waals surface area contributed by atoms with E-state index in [-0.39, 0.29) is 17.7 Å². The van der Waals surface area contributed by atoms with Crippen molar-refractivity contribution in [3.63, 3.8) is 0 Å².